The number of amides is 1. The number of hydrogen-bond acceptors (Lipinski definition) is 2. The average Bonchev–Trinajstić information content (AvgIpc) is 2.55. The van der Waals surface area contributed by atoms with E-state index in [1.54, 1.807) is 0 Å². The lowest BCUT2D eigenvalue weighted by Crippen LogP contribution is -2.10. The Bertz CT molecular complexity index is 519. The second-order valence-corrected chi connectivity index (χ2v) is 5.05. The van der Waals surface area contributed by atoms with Gasteiger partial charge in [0.1, 0.15) is 0 Å². The molecule has 3 heteroatoms. The van der Waals surface area contributed by atoms with Gasteiger partial charge in [-0.3, -0.25) is 9.59 Å². The maximum atomic E-state index is 12.2. The second-order valence-electron chi connectivity index (χ2n) is 5.05. The van der Waals surface area contributed by atoms with E-state index in [-0.39, 0.29) is 23.5 Å². The topological polar surface area (TPSA) is 46.2 Å². The molecule has 1 N–H and O–H groups in total. The number of rotatable bonds is 2. The van der Waals surface area contributed by atoms with Crippen LogP contribution in [0.25, 0.3) is 0 Å². The smallest absolute Gasteiger partial charge is 0.221 e. The lowest BCUT2D eigenvalue weighted by atomic mass is 9.90. The van der Waals surface area contributed by atoms with Crippen molar-refractivity contribution in [2.45, 2.75) is 40.0 Å². The molecule has 0 bridgehead atoms. The van der Waals surface area contributed by atoms with E-state index in [0.717, 1.165) is 28.8 Å². The molecule has 0 saturated heterocycles. The molecule has 1 aliphatic rings. The Morgan fingerprint density at radius 2 is 2.06 bits per heavy atom. The van der Waals surface area contributed by atoms with Gasteiger partial charge in [-0.2, -0.15) is 0 Å². The molecule has 0 spiro atoms. The summed E-state index contributed by atoms with van der Waals surface area (Å²) in [6, 6.07) is 3.68. The average molecular weight is 245 g/mol. The molecule has 2 rings (SSSR count). The minimum absolute atomic E-state index is 0.0814. The third-order valence-electron chi connectivity index (χ3n) is 3.93. The molecule has 1 aromatic carbocycles. The van der Waals surface area contributed by atoms with Crippen molar-refractivity contribution < 1.29 is 9.59 Å². The number of nitrogens with one attached hydrogen (secondary N) is 1. The van der Waals surface area contributed by atoms with Gasteiger partial charge in [-0.25, -0.2) is 0 Å². The van der Waals surface area contributed by atoms with Gasteiger partial charge in [0, 0.05) is 24.1 Å². The van der Waals surface area contributed by atoms with Crippen LogP contribution in [0.3, 0.4) is 0 Å². The summed E-state index contributed by atoms with van der Waals surface area (Å²) in [4.78, 5) is 23.4. The lowest BCUT2D eigenvalue weighted by Gasteiger charge is -2.15. The van der Waals surface area contributed by atoms with Gasteiger partial charge in [-0.1, -0.05) is 13.8 Å². The van der Waals surface area contributed by atoms with Crippen molar-refractivity contribution in [2.24, 2.45) is 5.92 Å². The molecule has 2 atom stereocenters. The highest BCUT2D eigenvalue weighted by molar-refractivity contribution is 6.04. The Labute approximate surface area is 108 Å². The molecule has 0 aromatic heterocycles. The number of carbonyl (C=O) groups excluding carboxylic acids is 2. The Morgan fingerprint density at radius 1 is 1.39 bits per heavy atom. The molecule has 0 saturated carbocycles. The highest BCUT2D eigenvalue weighted by Gasteiger charge is 2.37. The zero-order valence-electron chi connectivity index (χ0n) is 11.3. The van der Waals surface area contributed by atoms with Gasteiger partial charge in [0.2, 0.25) is 5.91 Å². The van der Waals surface area contributed by atoms with E-state index >= 15 is 0 Å². The van der Waals surface area contributed by atoms with Gasteiger partial charge in [-0.15, -0.1) is 0 Å². The number of ketones is 1. The molecular formula is C15H19NO2. The van der Waals surface area contributed by atoms with E-state index < -0.39 is 0 Å². The first-order valence-corrected chi connectivity index (χ1v) is 6.42. The van der Waals surface area contributed by atoms with Crippen LogP contribution in [0.2, 0.25) is 0 Å². The van der Waals surface area contributed by atoms with Crippen LogP contribution in [0, 0.1) is 12.8 Å². The van der Waals surface area contributed by atoms with Gasteiger partial charge < -0.3 is 5.32 Å². The first-order valence-electron chi connectivity index (χ1n) is 6.42. The number of benzene rings is 1. The van der Waals surface area contributed by atoms with Gasteiger partial charge in [0.25, 0.3) is 0 Å². The van der Waals surface area contributed by atoms with Crippen molar-refractivity contribution in [3.05, 3.63) is 28.8 Å². The van der Waals surface area contributed by atoms with E-state index in [0.29, 0.717) is 0 Å². The Balaban J connectivity index is 2.51. The molecule has 18 heavy (non-hydrogen) atoms. The largest absolute Gasteiger partial charge is 0.326 e. The van der Waals surface area contributed by atoms with E-state index in [9.17, 15) is 9.59 Å². The van der Waals surface area contributed by atoms with E-state index in [2.05, 4.69) is 19.2 Å². The summed E-state index contributed by atoms with van der Waals surface area (Å²) in [5.74, 6) is 0.497. The fraction of sp³-hybridized carbons (Fsp3) is 0.467. The van der Waals surface area contributed by atoms with Crippen LogP contribution in [0.5, 0.6) is 0 Å². The molecule has 0 fully saturated rings. The maximum Gasteiger partial charge on any atom is 0.221 e. The van der Waals surface area contributed by atoms with Crippen molar-refractivity contribution in [3.63, 3.8) is 0 Å². The minimum atomic E-state index is -0.0814. The molecule has 0 radical (unpaired) electrons. The van der Waals surface area contributed by atoms with Crippen molar-refractivity contribution in [2.75, 3.05) is 5.32 Å². The standard InChI is InChI=1S/C15H19NO2/c1-5-11-8(2)14-9(3)13(16-10(4)17)7-6-12(14)15(11)18/h6-8,11H,5H2,1-4H3,(H,16,17). The molecule has 0 aliphatic heterocycles. The number of Topliss-reactive ketones (excluding diaryl/α,β-unsaturated/α-hetero) is 1. The third kappa shape index (κ3) is 1.84. The number of anilines is 1. The van der Waals surface area contributed by atoms with Crippen molar-refractivity contribution in [3.8, 4) is 0 Å². The van der Waals surface area contributed by atoms with Crippen LogP contribution >= 0.6 is 0 Å². The van der Waals surface area contributed by atoms with Crippen LogP contribution in [0.4, 0.5) is 5.69 Å². The van der Waals surface area contributed by atoms with Crippen LogP contribution in [0.1, 0.15) is 54.6 Å². The van der Waals surface area contributed by atoms with Gasteiger partial charge in [0.05, 0.1) is 0 Å². The predicted octanol–water partition coefficient (Wildman–Crippen LogP) is 3.28. The molecule has 1 aliphatic carbocycles. The summed E-state index contributed by atoms with van der Waals surface area (Å²) in [6.45, 7) is 7.62. The van der Waals surface area contributed by atoms with E-state index in [1.807, 2.05) is 19.1 Å². The monoisotopic (exact) mass is 245 g/mol. The molecule has 2 unspecified atom stereocenters. The normalized spacial score (nSPS) is 21.9. The summed E-state index contributed by atoms with van der Waals surface area (Å²) in [5, 5.41) is 2.82. The van der Waals surface area contributed by atoms with Crippen molar-refractivity contribution >= 4 is 17.4 Å². The zero-order chi connectivity index (χ0) is 13.4. The maximum absolute atomic E-state index is 12.2. The first-order chi connectivity index (χ1) is 8.47. The molecule has 3 nitrogen and oxygen atoms in total. The van der Waals surface area contributed by atoms with Crippen molar-refractivity contribution in [1.29, 1.82) is 0 Å². The highest BCUT2D eigenvalue weighted by Crippen LogP contribution is 2.42. The first kappa shape index (κ1) is 12.8. The Kier molecular flexibility index (Phi) is 3.24. The van der Waals surface area contributed by atoms with Crippen molar-refractivity contribution in [1.82, 2.24) is 0 Å². The summed E-state index contributed by atoms with van der Waals surface area (Å²) in [5.41, 5.74) is 3.79. The molecule has 0 heterocycles. The van der Waals surface area contributed by atoms with Crippen LogP contribution in [0.15, 0.2) is 12.1 Å². The van der Waals surface area contributed by atoms with Gasteiger partial charge >= 0.3 is 0 Å². The summed E-state index contributed by atoms with van der Waals surface area (Å²) in [6.07, 6.45) is 0.865. The summed E-state index contributed by atoms with van der Waals surface area (Å²) in [7, 11) is 0. The van der Waals surface area contributed by atoms with Gasteiger partial charge in [0.15, 0.2) is 5.78 Å². The molecular weight excluding hydrogens is 226 g/mol. The summed E-state index contributed by atoms with van der Waals surface area (Å²) >= 11 is 0. The Morgan fingerprint density at radius 3 is 2.61 bits per heavy atom. The van der Waals surface area contributed by atoms with Crippen LogP contribution < -0.4 is 5.32 Å². The van der Waals surface area contributed by atoms with Crippen LogP contribution in [-0.2, 0) is 4.79 Å². The van der Waals surface area contributed by atoms with E-state index in [1.165, 1.54) is 6.92 Å². The minimum Gasteiger partial charge on any atom is -0.326 e. The SMILES string of the molecule is CCC1C(=O)c2ccc(NC(C)=O)c(C)c2C1C. The third-order valence-corrected chi connectivity index (χ3v) is 3.93. The fourth-order valence-electron chi connectivity index (χ4n) is 3.02. The second kappa shape index (κ2) is 4.56. The highest BCUT2D eigenvalue weighted by atomic mass is 16.1. The number of fused-ring (bicyclic) bond motifs is 1. The Hall–Kier alpha value is -1.64. The molecule has 1 aromatic rings. The lowest BCUT2D eigenvalue weighted by molar-refractivity contribution is -0.114. The molecule has 1 amide bonds. The summed E-state index contributed by atoms with van der Waals surface area (Å²) < 4.78 is 0. The van der Waals surface area contributed by atoms with Gasteiger partial charge in [-0.05, 0) is 42.5 Å². The predicted molar refractivity (Wildman–Crippen MR) is 72.0 cm³/mol. The van der Waals surface area contributed by atoms with Crippen LogP contribution in [-0.4, -0.2) is 11.7 Å². The fourth-order valence-corrected chi connectivity index (χ4v) is 3.02. The quantitative estimate of drug-likeness (QED) is 0.869. The molecule has 96 valence electrons. The zero-order valence-corrected chi connectivity index (χ0v) is 11.3. The van der Waals surface area contributed by atoms with E-state index in [4.69, 9.17) is 0 Å². The number of carbonyl (C=O) groups is 2. The number of hydrogen-bond donors (Lipinski definition) is 1.